The highest BCUT2D eigenvalue weighted by Gasteiger charge is 2.43. The van der Waals surface area contributed by atoms with Crippen LogP contribution in [0.25, 0.3) is 0 Å². The van der Waals surface area contributed by atoms with E-state index in [9.17, 15) is 4.79 Å². The van der Waals surface area contributed by atoms with Gasteiger partial charge < -0.3 is 10.1 Å². The molecule has 1 aromatic carbocycles. The zero-order chi connectivity index (χ0) is 10.4. The van der Waals surface area contributed by atoms with E-state index < -0.39 is 0 Å². The fourth-order valence-electron chi connectivity index (χ4n) is 2.33. The molecule has 1 aromatic rings. The maximum atomic E-state index is 11.0. The summed E-state index contributed by atoms with van der Waals surface area (Å²) in [6.45, 7) is 1.54. The summed E-state index contributed by atoms with van der Waals surface area (Å²) in [4.78, 5) is 11.0. The van der Waals surface area contributed by atoms with Gasteiger partial charge in [0.15, 0.2) is 0 Å². The highest BCUT2D eigenvalue weighted by Crippen LogP contribution is 2.38. The Labute approximate surface area is 88.4 Å². The van der Waals surface area contributed by atoms with Gasteiger partial charge in [-0.3, -0.25) is 4.79 Å². The van der Waals surface area contributed by atoms with Crippen LogP contribution < -0.4 is 5.32 Å². The van der Waals surface area contributed by atoms with Crippen LogP contribution in [-0.2, 0) is 22.4 Å². The zero-order valence-electron chi connectivity index (χ0n) is 8.62. The summed E-state index contributed by atoms with van der Waals surface area (Å²) in [7, 11) is 0. The third-order valence-corrected chi connectivity index (χ3v) is 3.10. The fraction of sp³-hybridized carbons (Fsp3) is 0.417. The molecular formula is C12H13NO2. The molecule has 0 unspecified atom stereocenters. The molecule has 2 atom stereocenters. The second-order valence-electron chi connectivity index (χ2n) is 4.25. The molecule has 1 amide bonds. The summed E-state index contributed by atoms with van der Waals surface area (Å²) in [5.74, 6) is -0.0118. The number of amides is 1. The van der Waals surface area contributed by atoms with Gasteiger partial charge in [-0.1, -0.05) is 12.1 Å². The van der Waals surface area contributed by atoms with Gasteiger partial charge in [0.05, 0.1) is 12.2 Å². The number of fused-ring (bicyclic) bond motifs is 2. The molecule has 1 N–H and O–H groups in total. The van der Waals surface area contributed by atoms with Gasteiger partial charge in [0.2, 0.25) is 5.91 Å². The predicted molar refractivity (Wildman–Crippen MR) is 56.8 cm³/mol. The molecule has 0 aromatic heterocycles. The number of ether oxygens (including phenoxy) is 1. The molecule has 0 saturated carbocycles. The molecule has 1 fully saturated rings. The van der Waals surface area contributed by atoms with Crippen molar-refractivity contribution < 1.29 is 9.53 Å². The van der Waals surface area contributed by atoms with Crippen LogP contribution in [0.2, 0.25) is 0 Å². The maximum absolute atomic E-state index is 11.0. The number of epoxide rings is 1. The van der Waals surface area contributed by atoms with Crippen molar-refractivity contribution in [3.63, 3.8) is 0 Å². The van der Waals surface area contributed by atoms with Gasteiger partial charge in [0, 0.05) is 25.5 Å². The monoisotopic (exact) mass is 203 g/mol. The number of nitrogens with one attached hydrogen (secondary N) is 1. The molecular weight excluding hydrogens is 190 g/mol. The van der Waals surface area contributed by atoms with E-state index in [1.165, 1.54) is 11.1 Å². The van der Waals surface area contributed by atoms with Crippen LogP contribution in [0.1, 0.15) is 18.1 Å². The van der Waals surface area contributed by atoms with Gasteiger partial charge in [-0.05, 0) is 17.2 Å². The van der Waals surface area contributed by atoms with Crippen molar-refractivity contribution in [2.75, 3.05) is 5.32 Å². The lowest BCUT2D eigenvalue weighted by molar-refractivity contribution is -0.114. The number of anilines is 1. The van der Waals surface area contributed by atoms with Crippen molar-refractivity contribution in [1.82, 2.24) is 0 Å². The van der Waals surface area contributed by atoms with Crippen LogP contribution in [0.4, 0.5) is 5.69 Å². The first kappa shape index (κ1) is 8.92. The van der Waals surface area contributed by atoms with Gasteiger partial charge in [-0.15, -0.1) is 0 Å². The van der Waals surface area contributed by atoms with E-state index in [1.807, 2.05) is 12.1 Å². The van der Waals surface area contributed by atoms with E-state index in [0.29, 0.717) is 12.2 Å². The Morgan fingerprint density at radius 2 is 2.20 bits per heavy atom. The number of hydrogen-bond donors (Lipinski definition) is 1. The third kappa shape index (κ3) is 1.53. The SMILES string of the molecule is CC(=O)Nc1cccc2c1C[C@H]1O[C@H]1C2. The Hall–Kier alpha value is -1.35. The summed E-state index contributed by atoms with van der Waals surface area (Å²) in [5, 5.41) is 2.88. The Balaban J connectivity index is 1.98. The molecule has 1 heterocycles. The van der Waals surface area contributed by atoms with Crippen LogP contribution in [0.15, 0.2) is 18.2 Å². The van der Waals surface area contributed by atoms with E-state index >= 15 is 0 Å². The lowest BCUT2D eigenvalue weighted by Gasteiger charge is -2.16. The van der Waals surface area contributed by atoms with E-state index in [-0.39, 0.29) is 5.91 Å². The summed E-state index contributed by atoms with van der Waals surface area (Å²) < 4.78 is 5.51. The summed E-state index contributed by atoms with van der Waals surface area (Å²) in [6, 6.07) is 6.08. The molecule has 1 aliphatic carbocycles. The second-order valence-corrected chi connectivity index (χ2v) is 4.25. The average molecular weight is 203 g/mol. The first-order chi connectivity index (χ1) is 7.24. The number of carbonyl (C=O) groups is 1. The molecule has 3 nitrogen and oxygen atoms in total. The Kier molecular flexibility index (Phi) is 1.83. The minimum atomic E-state index is -0.0118. The Bertz CT molecular complexity index is 428. The number of hydrogen-bond acceptors (Lipinski definition) is 2. The van der Waals surface area contributed by atoms with Crippen molar-refractivity contribution in [1.29, 1.82) is 0 Å². The first-order valence-corrected chi connectivity index (χ1v) is 5.28. The Morgan fingerprint density at radius 3 is 3.00 bits per heavy atom. The maximum Gasteiger partial charge on any atom is 0.221 e. The van der Waals surface area contributed by atoms with Gasteiger partial charge in [-0.2, -0.15) is 0 Å². The molecule has 2 aliphatic rings. The summed E-state index contributed by atoms with van der Waals surface area (Å²) >= 11 is 0. The largest absolute Gasteiger partial charge is 0.369 e. The average Bonchev–Trinajstić information content (AvgIpc) is 2.92. The number of benzene rings is 1. The van der Waals surface area contributed by atoms with Crippen LogP contribution in [0.3, 0.4) is 0 Å². The van der Waals surface area contributed by atoms with E-state index in [1.54, 1.807) is 6.92 Å². The minimum absolute atomic E-state index is 0.0118. The van der Waals surface area contributed by atoms with Crippen molar-refractivity contribution in [3.8, 4) is 0 Å². The molecule has 15 heavy (non-hydrogen) atoms. The molecule has 3 rings (SSSR count). The van der Waals surface area contributed by atoms with Gasteiger partial charge in [-0.25, -0.2) is 0 Å². The molecule has 1 aliphatic heterocycles. The third-order valence-electron chi connectivity index (χ3n) is 3.10. The van der Waals surface area contributed by atoms with Gasteiger partial charge in [0.1, 0.15) is 0 Å². The minimum Gasteiger partial charge on any atom is -0.369 e. The van der Waals surface area contributed by atoms with Crippen molar-refractivity contribution >= 4 is 11.6 Å². The highest BCUT2D eigenvalue weighted by molar-refractivity contribution is 5.89. The van der Waals surface area contributed by atoms with E-state index in [2.05, 4.69) is 11.4 Å². The Morgan fingerprint density at radius 1 is 1.40 bits per heavy atom. The lowest BCUT2D eigenvalue weighted by atomic mass is 9.90. The van der Waals surface area contributed by atoms with Crippen molar-refractivity contribution in [3.05, 3.63) is 29.3 Å². The molecule has 1 saturated heterocycles. The standard InChI is InChI=1S/C12H13NO2/c1-7(14)13-10-4-2-3-8-5-11-12(15-11)6-9(8)10/h2-4,11-12H,5-6H2,1H3,(H,13,14)/t11-,12+/m0/s1. The summed E-state index contributed by atoms with van der Waals surface area (Å²) in [6.07, 6.45) is 2.77. The van der Waals surface area contributed by atoms with Crippen LogP contribution in [-0.4, -0.2) is 18.1 Å². The lowest BCUT2D eigenvalue weighted by Crippen LogP contribution is -2.16. The quantitative estimate of drug-likeness (QED) is 0.703. The molecule has 78 valence electrons. The normalized spacial score (nSPS) is 26.5. The van der Waals surface area contributed by atoms with Crippen molar-refractivity contribution in [2.24, 2.45) is 0 Å². The first-order valence-electron chi connectivity index (χ1n) is 5.28. The predicted octanol–water partition coefficient (Wildman–Crippen LogP) is 1.51. The molecule has 0 radical (unpaired) electrons. The van der Waals surface area contributed by atoms with E-state index in [4.69, 9.17) is 4.74 Å². The molecule has 0 spiro atoms. The topological polar surface area (TPSA) is 41.6 Å². The van der Waals surface area contributed by atoms with Crippen LogP contribution >= 0.6 is 0 Å². The fourth-order valence-corrected chi connectivity index (χ4v) is 2.33. The zero-order valence-corrected chi connectivity index (χ0v) is 8.62. The van der Waals surface area contributed by atoms with Gasteiger partial charge in [0.25, 0.3) is 0 Å². The number of rotatable bonds is 1. The summed E-state index contributed by atoms with van der Waals surface area (Å²) in [5.41, 5.74) is 3.53. The van der Waals surface area contributed by atoms with Crippen LogP contribution in [0.5, 0.6) is 0 Å². The second kappa shape index (κ2) is 3.07. The van der Waals surface area contributed by atoms with Crippen LogP contribution in [0, 0.1) is 0 Å². The highest BCUT2D eigenvalue weighted by atomic mass is 16.6. The van der Waals surface area contributed by atoms with Gasteiger partial charge >= 0.3 is 0 Å². The number of carbonyl (C=O) groups excluding carboxylic acids is 1. The molecule has 3 heteroatoms. The van der Waals surface area contributed by atoms with Crippen molar-refractivity contribution in [2.45, 2.75) is 32.0 Å². The van der Waals surface area contributed by atoms with E-state index in [0.717, 1.165) is 18.5 Å². The molecule has 0 bridgehead atoms. The smallest absolute Gasteiger partial charge is 0.221 e.